The lowest BCUT2D eigenvalue weighted by atomic mass is 10.1. The third kappa shape index (κ3) is 4.14. The summed E-state index contributed by atoms with van der Waals surface area (Å²) in [5.74, 6) is 0.375. The van der Waals surface area contributed by atoms with Gasteiger partial charge < -0.3 is 4.74 Å². The fourth-order valence-corrected chi connectivity index (χ4v) is 1.98. The number of sulfone groups is 1. The molecule has 4 nitrogen and oxygen atoms in total. The monoisotopic (exact) mass is 270 g/mol. The fraction of sp³-hybridized carbons (Fsp3) is 0.462. The highest BCUT2D eigenvalue weighted by molar-refractivity contribution is 7.90. The standard InChI is InChI=1S/C13H18O4S/c1-4-10(2)13(14)9-17-11-6-5-7-12(8-11)18(3,15)16/h5-8,10H,4,9H2,1-3H3. The molecule has 0 amide bonds. The molecule has 0 spiro atoms. The summed E-state index contributed by atoms with van der Waals surface area (Å²) in [5.41, 5.74) is 0. The lowest BCUT2D eigenvalue weighted by Crippen LogP contribution is -2.18. The molecule has 1 aromatic carbocycles. The minimum absolute atomic E-state index is 0.0160. The Morgan fingerprint density at radius 3 is 2.61 bits per heavy atom. The first-order valence-corrected chi connectivity index (χ1v) is 7.69. The normalized spacial score (nSPS) is 13.1. The van der Waals surface area contributed by atoms with E-state index in [9.17, 15) is 13.2 Å². The molecule has 1 aromatic rings. The first kappa shape index (κ1) is 14.7. The third-order valence-electron chi connectivity index (χ3n) is 2.78. The summed E-state index contributed by atoms with van der Waals surface area (Å²) in [6.45, 7) is 3.76. The zero-order valence-corrected chi connectivity index (χ0v) is 11.7. The molecule has 0 saturated heterocycles. The van der Waals surface area contributed by atoms with Gasteiger partial charge in [-0.15, -0.1) is 0 Å². The number of hydrogen-bond donors (Lipinski definition) is 0. The molecule has 0 fully saturated rings. The average Bonchev–Trinajstić information content (AvgIpc) is 2.34. The van der Waals surface area contributed by atoms with Crippen molar-refractivity contribution in [2.75, 3.05) is 12.9 Å². The minimum atomic E-state index is -3.25. The highest BCUT2D eigenvalue weighted by Gasteiger charge is 2.12. The predicted octanol–water partition coefficient (Wildman–Crippen LogP) is 2.08. The van der Waals surface area contributed by atoms with Gasteiger partial charge in [0.05, 0.1) is 4.90 Å². The van der Waals surface area contributed by atoms with Crippen LogP contribution < -0.4 is 4.74 Å². The van der Waals surface area contributed by atoms with Gasteiger partial charge in [0, 0.05) is 12.2 Å². The van der Waals surface area contributed by atoms with Gasteiger partial charge in [-0.3, -0.25) is 4.79 Å². The van der Waals surface area contributed by atoms with Crippen LogP contribution in [0.1, 0.15) is 20.3 Å². The van der Waals surface area contributed by atoms with Crippen LogP contribution in [0, 0.1) is 5.92 Å². The molecule has 0 aliphatic rings. The van der Waals surface area contributed by atoms with E-state index in [0.29, 0.717) is 5.75 Å². The van der Waals surface area contributed by atoms with Crippen LogP contribution in [0.25, 0.3) is 0 Å². The number of Topliss-reactive ketones (excluding diaryl/α,β-unsaturated/α-hetero) is 1. The summed E-state index contributed by atoms with van der Waals surface area (Å²) in [5, 5.41) is 0. The van der Waals surface area contributed by atoms with Crippen LogP contribution in [0.15, 0.2) is 29.2 Å². The second-order valence-corrected chi connectivity index (χ2v) is 6.33. The molecular formula is C13H18O4S. The highest BCUT2D eigenvalue weighted by Crippen LogP contribution is 2.17. The molecule has 0 aliphatic carbocycles. The van der Waals surface area contributed by atoms with E-state index in [1.165, 1.54) is 12.1 Å². The average molecular weight is 270 g/mol. The molecule has 1 atom stereocenters. The number of carbonyl (C=O) groups excluding carboxylic acids is 1. The van der Waals surface area contributed by atoms with Gasteiger partial charge in [-0.05, 0) is 24.6 Å². The topological polar surface area (TPSA) is 60.4 Å². The van der Waals surface area contributed by atoms with Crippen LogP contribution in [0.3, 0.4) is 0 Å². The van der Waals surface area contributed by atoms with Crippen molar-refractivity contribution in [3.05, 3.63) is 24.3 Å². The first-order chi connectivity index (χ1) is 8.34. The molecule has 100 valence electrons. The minimum Gasteiger partial charge on any atom is -0.486 e. The van der Waals surface area contributed by atoms with Crippen molar-refractivity contribution in [3.63, 3.8) is 0 Å². The van der Waals surface area contributed by atoms with Gasteiger partial charge in [0.25, 0.3) is 0 Å². The molecule has 0 bridgehead atoms. The lowest BCUT2D eigenvalue weighted by Gasteiger charge is -2.10. The smallest absolute Gasteiger partial charge is 0.175 e. The molecule has 5 heteroatoms. The largest absolute Gasteiger partial charge is 0.486 e. The van der Waals surface area contributed by atoms with Crippen molar-refractivity contribution in [2.24, 2.45) is 5.92 Å². The van der Waals surface area contributed by atoms with Gasteiger partial charge in [0.2, 0.25) is 0 Å². The lowest BCUT2D eigenvalue weighted by molar-refractivity contribution is -0.124. The van der Waals surface area contributed by atoms with E-state index in [2.05, 4.69) is 0 Å². The second kappa shape index (κ2) is 6.00. The van der Waals surface area contributed by atoms with Gasteiger partial charge >= 0.3 is 0 Å². The quantitative estimate of drug-likeness (QED) is 0.794. The van der Waals surface area contributed by atoms with Gasteiger partial charge in [0.15, 0.2) is 15.6 Å². The molecule has 1 rings (SSSR count). The van der Waals surface area contributed by atoms with Crippen LogP contribution in [0.4, 0.5) is 0 Å². The summed E-state index contributed by atoms with van der Waals surface area (Å²) >= 11 is 0. The Morgan fingerprint density at radius 2 is 2.06 bits per heavy atom. The van der Waals surface area contributed by atoms with Crippen molar-refractivity contribution < 1.29 is 17.9 Å². The number of benzene rings is 1. The Bertz CT molecular complexity index is 520. The number of rotatable bonds is 6. The maximum Gasteiger partial charge on any atom is 0.175 e. The van der Waals surface area contributed by atoms with E-state index in [1.807, 2.05) is 13.8 Å². The van der Waals surface area contributed by atoms with E-state index in [1.54, 1.807) is 12.1 Å². The van der Waals surface area contributed by atoms with E-state index < -0.39 is 9.84 Å². The zero-order chi connectivity index (χ0) is 13.8. The molecule has 0 saturated carbocycles. The summed E-state index contributed by atoms with van der Waals surface area (Å²) in [4.78, 5) is 11.8. The van der Waals surface area contributed by atoms with Crippen LogP contribution >= 0.6 is 0 Å². The van der Waals surface area contributed by atoms with Crippen LogP contribution in [0.2, 0.25) is 0 Å². The molecule has 1 unspecified atom stereocenters. The summed E-state index contributed by atoms with van der Waals surface area (Å²) in [7, 11) is -3.25. The second-order valence-electron chi connectivity index (χ2n) is 4.31. The van der Waals surface area contributed by atoms with Crippen LogP contribution in [-0.2, 0) is 14.6 Å². The maximum absolute atomic E-state index is 11.6. The Labute approximate surface area is 108 Å². The molecule has 0 N–H and O–H groups in total. The number of ketones is 1. The number of ether oxygens (including phenoxy) is 1. The van der Waals surface area contributed by atoms with Crippen molar-refractivity contribution >= 4 is 15.6 Å². The molecule has 0 aromatic heterocycles. The first-order valence-electron chi connectivity index (χ1n) is 5.80. The summed E-state index contributed by atoms with van der Waals surface area (Å²) in [6, 6.07) is 6.16. The van der Waals surface area contributed by atoms with Gasteiger partial charge in [-0.1, -0.05) is 19.9 Å². The molecule has 0 aliphatic heterocycles. The summed E-state index contributed by atoms with van der Waals surface area (Å²) in [6.07, 6.45) is 1.90. The van der Waals surface area contributed by atoms with Crippen molar-refractivity contribution in [3.8, 4) is 5.75 Å². The predicted molar refractivity (Wildman–Crippen MR) is 69.5 cm³/mol. The van der Waals surface area contributed by atoms with Gasteiger partial charge in [-0.25, -0.2) is 8.42 Å². The van der Waals surface area contributed by atoms with E-state index in [4.69, 9.17) is 4.74 Å². The van der Waals surface area contributed by atoms with E-state index >= 15 is 0 Å². The van der Waals surface area contributed by atoms with Gasteiger partial charge in [0.1, 0.15) is 12.4 Å². The Hall–Kier alpha value is -1.36. The molecule has 18 heavy (non-hydrogen) atoms. The maximum atomic E-state index is 11.6. The summed E-state index contributed by atoms with van der Waals surface area (Å²) < 4.78 is 28.0. The highest BCUT2D eigenvalue weighted by atomic mass is 32.2. The Morgan fingerprint density at radius 1 is 1.39 bits per heavy atom. The van der Waals surface area contributed by atoms with Crippen LogP contribution in [-0.4, -0.2) is 27.1 Å². The Kier molecular flexibility index (Phi) is 4.90. The molecule has 0 heterocycles. The molecular weight excluding hydrogens is 252 g/mol. The SMILES string of the molecule is CCC(C)C(=O)COc1cccc(S(C)(=O)=O)c1. The van der Waals surface area contributed by atoms with E-state index in [-0.39, 0.29) is 23.2 Å². The van der Waals surface area contributed by atoms with Crippen molar-refractivity contribution in [1.29, 1.82) is 0 Å². The van der Waals surface area contributed by atoms with Gasteiger partial charge in [-0.2, -0.15) is 0 Å². The number of carbonyl (C=O) groups is 1. The third-order valence-corrected chi connectivity index (χ3v) is 3.89. The van der Waals surface area contributed by atoms with Crippen LogP contribution in [0.5, 0.6) is 5.75 Å². The Balaban J connectivity index is 2.72. The van der Waals surface area contributed by atoms with Crippen molar-refractivity contribution in [1.82, 2.24) is 0 Å². The number of hydrogen-bond acceptors (Lipinski definition) is 4. The van der Waals surface area contributed by atoms with E-state index in [0.717, 1.165) is 12.7 Å². The fourth-order valence-electron chi connectivity index (χ4n) is 1.32. The molecule has 0 radical (unpaired) electrons. The zero-order valence-electron chi connectivity index (χ0n) is 10.8. The van der Waals surface area contributed by atoms with Crippen molar-refractivity contribution in [2.45, 2.75) is 25.2 Å².